The summed E-state index contributed by atoms with van der Waals surface area (Å²) >= 11 is 0. The summed E-state index contributed by atoms with van der Waals surface area (Å²) < 4.78 is 44.0. The summed E-state index contributed by atoms with van der Waals surface area (Å²) in [5, 5.41) is 2.51. The first-order valence-corrected chi connectivity index (χ1v) is 5.52. The van der Waals surface area contributed by atoms with Crippen molar-refractivity contribution in [1.29, 1.82) is 0 Å². The Morgan fingerprint density at radius 2 is 2.06 bits per heavy atom. The van der Waals surface area contributed by atoms with Gasteiger partial charge in [0.15, 0.2) is 11.6 Å². The largest absolute Gasteiger partial charge is 0.467 e. The molecular formula is C12H12F3NO2. The Kier molecular flexibility index (Phi) is 3.45. The molecule has 18 heavy (non-hydrogen) atoms. The average Bonchev–Trinajstić information content (AvgIpc) is 3.15. The van der Waals surface area contributed by atoms with Crippen molar-refractivity contribution < 1.29 is 22.7 Å². The molecule has 0 amide bonds. The molecule has 1 atom stereocenters. The maximum atomic E-state index is 13.4. The Balaban J connectivity index is 2.23. The maximum absolute atomic E-state index is 13.4. The molecule has 2 rings (SSSR count). The quantitative estimate of drug-likeness (QED) is 0.666. The highest BCUT2D eigenvalue weighted by Gasteiger charge is 2.37. The summed E-state index contributed by atoms with van der Waals surface area (Å²) in [7, 11) is 1.21. The van der Waals surface area contributed by atoms with E-state index in [1.807, 2.05) is 0 Å². The molecule has 6 heteroatoms. The number of anilines is 1. The molecule has 1 N–H and O–H groups in total. The van der Waals surface area contributed by atoms with E-state index in [0.29, 0.717) is 6.07 Å². The normalized spacial score (nSPS) is 16.2. The predicted octanol–water partition coefficient (Wildman–Crippen LogP) is 2.47. The first-order chi connectivity index (χ1) is 8.52. The Labute approximate surface area is 102 Å². The van der Waals surface area contributed by atoms with Crippen LogP contribution in [0.25, 0.3) is 0 Å². The lowest BCUT2D eigenvalue weighted by Gasteiger charge is -2.17. The SMILES string of the molecule is COC(=O)C(Nc1cc(F)cc(F)c1F)C1CC1. The van der Waals surface area contributed by atoms with Crippen LogP contribution in [0.3, 0.4) is 0 Å². The standard InChI is InChI=1S/C12H12F3NO2/c1-18-12(17)11(6-2-3-6)16-9-5-7(13)4-8(14)10(9)15/h4-6,11,16H,2-3H2,1H3. The van der Waals surface area contributed by atoms with Crippen LogP contribution >= 0.6 is 0 Å². The highest BCUT2D eigenvalue weighted by molar-refractivity contribution is 5.80. The molecule has 98 valence electrons. The fraction of sp³-hybridized carbons (Fsp3) is 0.417. The van der Waals surface area contributed by atoms with Crippen molar-refractivity contribution in [2.24, 2.45) is 5.92 Å². The van der Waals surface area contributed by atoms with Crippen LogP contribution in [0.15, 0.2) is 12.1 Å². The minimum absolute atomic E-state index is 0.0168. The van der Waals surface area contributed by atoms with Gasteiger partial charge in [0, 0.05) is 12.1 Å². The number of ether oxygens (including phenoxy) is 1. The zero-order valence-corrected chi connectivity index (χ0v) is 9.67. The number of carbonyl (C=O) groups excluding carboxylic acids is 1. The molecule has 1 aliphatic rings. The van der Waals surface area contributed by atoms with Crippen molar-refractivity contribution in [2.75, 3.05) is 12.4 Å². The van der Waals surface area contributed by atoms with Gasteiger partial charge in [-0.3, -0.25) is 0 Å². The smallest absolute Gasteiger partial charge is 0.328 e. The highest BCUT2D eigenvalue weighted by atomic mass is 19.2. The Morgan fingerprint density at radius 1 is 1.39 bits per heavy atom. The second-order valence-electron chi connectivity index (χ2n) is 4.23. The second kappa shape index (κ2) is 4.88. The minimum atomic E-state index is -1.29. The summed E-state index contributed by atoms with van der Waals surface area (Å²) in [5.74, 6) is -3.96. The number of benzene rings is 1. The van der Waals surface area contributed by atoms with Crippen molar-refractivity contribution in [3.63, 3.8) is 0 Å². The fourth-order valence-electron chi connectivity index (χ4n) is 1.75. The van der Waals surface area contributed by atoms with Crippen molar-refractivity contribution in [1.82, 2.24) is 0 Å². The van der Waals surface area contributed by atoms with Crippen molar-refractivity contribution in [2.45, 2.75) is 18.9 Å². The van der Waals surface area contributed by atoms with Gasteiger partial charge in [0.2, 0.25) is 0 Å². The molecule has 1 fully saturated rings. The molecule has 0 aliphatic heterocycles. The monoisotopic (exact) mass is 259 g/mol. The molecule has 0 saturated heterocycles. The molecule has 1 aromatic carbocycles. The second-order valence-corrected chi connectivity index (χ2v) is 4.23. The molecule has 1 aromatic rings. The first-order valence-electron chi connectivity index (χ1n) is 5.52. The van der Waals surface area contributed by atoms with Gasteiger partial charge in [-0.25, -0.2) is 18.0 Å². The van der Waals surface area contributed by atoms with Crippen LogP contribution < -0.4 is 5.32 Å². The number of methoxy groups -OCH3 is 1. The zero-order valence-electron chi connectivity index (χ0n) is 9.67. The molecular weight excluding hydrogens is 247 g/mol. The molecule has 0 heterocycles. The van der Waals surface area contributed by atoms with Crippen molar-refractivity contribution in [3.8, 4) is 0 Å². The lowest BCUT2D eigenvalue weighted by molar-refractivity contribution is -0.142. The molecule has 0 aromatic heterocycles. The molecule has 1 aliphatic carbocycles. The van der Waals surface area contributed by atoms with Gasteiger partial charge in [-0.15, -0.1) is 0 Å². The van der Waals surface area contributed by atoms with Gasteiger partial charge in [-0.05, 0) is 18.8 Å². The van der Waals surface area contributed by atoms with E-state index in [0.717, 1.165) is 18.9 Å². The molecule has 0 radical (unpaired) electrons. The van der Waals surface area contributed by atoms with Crippen LogP contribution in [0.5, 0.6) is 0 Å². The summed E-state index contributed by atoms with van der Waals surface area (Å²) in [6.07, 6.45) is 1.60. The number of hydrogen-bond donors (Lipinski definition) is 1. The number of carbonyl (C=O) groups is 1. The van der Waals surface area contributed by atoms with E-state index in [-0.39, 0.29) is 11.6 Å². The summed E-state index contributed by atoms with van der Waals surface area (Å²) in [5.41, 5.74) is -0.366. The number of halogens is 3. The number of hydrogen-bond acceptors (Lipinski definition) is 3. The van der Waals surface area contributed by atoms with E-state index in [9.17, 15) is 18.0 Å². The van der Waals surface area contributed by atoms with E-state index >= 15 is 0 Å². The van der Waals surface area contributed by atoms with Crippen LogP contribution in [-0.2, 0) is 9.53 Å². The Morgan fingerprint density at radius 3 is 2.61 bits per heavy atom. The van der Waals surface area contributed by atoms with Gasteiger partial charge < -0.3 is 10.1 Å². The Bertz CT molecular complexity index is 475. The summed E-state index contributed by atoms with van der Waals surface area (Å²) in [4.78, 5) is 11.5. The maximum Gasteiger partial charge on any atom is 0.328 e. The number of nitrogens with one attached hydrogen (secondary N) is 1. The van der Waals surface area contributed by atoms with Gasteiger partial charge in [0.05, 0.1) is 12.8 Å². The van der Waals surface area contributed by atoms with E-state index in [2.05, 4.69) is 10.1 Å². The average molecular weight is 259 g/mol. The van der Waals surface area contributed by atoms with Crippen LogP contribution in [0.4, 0.5) is 18.9 Å². The van der Waals surface area contributed by atoms with Gasteiger partial charge in [-0.2, -0.15) is 0 Å². The van der Waals surface area contributed by atoms with Crippen LogP contribution in [0, 0.1) is 23.4 Å². The van der Waals surface area contributed by atoms with Gasteiger partial charge >= 0.3 is 5.97 Å². The van der Waals surface area contributed by atoms with Crippen molar-refractivity contribution in [3.05, 3.63) is 29.6 Å². The van der Waals surface area contributed by atoms with Gasteiger partial charge in [0.1, 0.15) is 11.9 Å². The van der Waals surface area contributed by atoms with E-state index < -0.39 is 29.5 Å². The fourth-order valence-corrected chi connectivity index (χ4v) is 1.75. The van der Waals surface area contributed by atoms with Crippen molar-refractivity contribution >= 4 is 11.7 Å². The number of esters is 1. The third-order valence-corrected chi connectivity index (χ3v) is 2.85. The van der Waals surface area contributed by atoms with Crippen LogP contribution in [0.1, 0.15) is 12.8 Å². The van der Waals surface area contributed by atoms with E-state index in [1.54, 1.807) is 0 Å². The van der Waals surface area contributed by atoms with E-state index in [1.165, 1.54) is 7.11 Å². The predicted molar refractivity (Wildman–Crippen MR) is 58.5 cm³/mol. The molecule has 1 saturated carbocycles. The van der Waals surface area contributed by atoms with Gasteiger partial charge in [0.25, 0.3) is 0 Å². The first kappa shape index (κ1) is 12.7. The third kappa shape index (κ3) is 2.57. The van der Waals surface area contributed by atoms with Gasteiger partial charge in [-0.1, -0.05) is 0 Å². The molecule has 3 nitrogen and oxygen atoms in total. The molecule has 0 spiro atoms. The molecule has 0 bridgehead atoms. The topological polar surface area (TPSA) is 38.3 Å². The Hall–Kier alpha value is -1.72. The minimum Gasteiger partial charge on any atom is -0.467 e. The van der Waals surface area contributed by atoms with Crippen LogP contribution in [-0.4, -0.2) is 19.1 Å². The lowest BCUT2D eigenvalue weighted by atomic mass is 10.1. The zero-order chi connectivity index (χ0) is 13.3. The van der Waals surface area contributed by atoms with Crippen LogP contribution in [0.2, 0.25) is 0 Å². The third-order valence-electron chi connectivity index (χ3n) is 2.85. The summed E-state index contributed by atoms with van der Waals surface area (Å²) in [6, 6.07) is 0.493. The summed E-state index contributed by atoms with van der Waals surface area (Å²) in [6.45, 7) is 0. The lowest BCUT2D eigenvalue weighted by Crippen LogP contribution is -2.33. The number of rotatable bonds is 4. The molecule has 1 unspecified atom stereocenters. The van der Waals surface area contributed by atoms with E-state index in [4.69, 9.17) is 0 Å². The highest BCUT2D eigenvalue weighted by Crippen LogP contribution is 2.35.